The molecule has 13 rings (SSSR count). The lowest BCUT2D eigenvalue weighted by Gasteiger charge is -2.32. The van der Waals surface area contributed by atoms with E-state index in [4.69, 9.17) is 65.7 Å². The number of hydrogen-bond acceptors (Lipinski definition) is 32. The molecule has 0 bridgehead atoms. The molecule has 6 aromatic heterocycles. The highest BCUT2D eigenvalue weighted by Crippen LogP contribution is 2.43. The van der Waals surface area contributed by atoms with Crippen molar-refractivity contribution < 1.29 is 116 Å². The van der Waals surface area contributed by atoms with Gasteiger partial charge in [-0.15, -0.1) is 0 Å². The number of carbonyl (C=O) groups excluding carboxylic acids is 1. The summed E-state index contributed by atoms with van der Waals surface area (Å²) < 4.78 is 97.0. The highest BCUT2D eigenvalue weighted by molar-refractivity contribution is 7.46. The highest BCUT2D eigenvalue weighted by Gasteiger charge is 2.51. The van der Waals surface area contributed by atoms with Crippen LogP contribution in [0.1, 0.15) is 85.2 Å². The number of rotatable bonds is 15. The van der Waals surface area contributed by atoms with Crippen LogP contribution in [0.3, 0.4) is 0 Å². The van der Waals surface area contributed by atoms with Gasteiger partial charge in [0, 0.05) is 24.4 Å². The Morgan fingerprint density at radius 3 is 1.96 bits per heavy atom. The van der Waals surface area contributed by atoms with E-state index in [1.807, 2.05) is 24.1 Å². The Balaban J connectivity index is 0.000000174. The minimum absolute atomic E-state index is 0.0295. The second-order valence-corrected chi connectivity index (χ2v) is 27.5. The molecule has 113 heavy (non-hydrogen) atoms. The second kappa shape index (κ2) is 38.3. The van der Waals surface area contributed by atoms with Crippen molar-refractivity contribution in [3.8, 4) is 11.8 Å². The van der Waals surface area contributed by atoms with Gasteiger partial charge in [-0.3, -0.25) is 52.6 Å². The number of phosphoric acid groups is 1. The Bertz CT molecular complexity index is 5110. The predicted octanol–water partition coefficient (Wildman–Crippen LogP) is -2.00. The minimum Gasteiger partial charge on any atom is -0.508 e. The molecule has 4 fully saturated rings. The molecule has 1 aromatic carbocycles. The number of fused-ring (bicyclic) bond motifs is 4. The summed E-state index contributed by atoms with van der Waals surface area (Å²) in [6.07, 6.45) is 3.14. The lowest BCUT2D eigenvalue weighted by molar-refractivity contribution is -0.112. The number of aromatic amines is 3. The van der Waals surface area contributed by atoms with Gasteiger partial charge < -0.3 is 106 Å². The molecule has 15 atom stereocenters. The van der Waals surface area contributed by atoms with Crippen molar-refractivity contribution in [2.24, 2.45) is 5.41 Å². The maximum atomic E-state index is 13.3. The van der Waals surface area contributed by atoms with Crippen LogP contribution in [-0.2, 0) is 32.8 Å². The summed E-state index contributed by atoms with van der Waals surface area (Å²) in [4.78, 5) is 110. The van der Waals surface area contributed by atoms with Crippen LogP contribution in [0.4, 0.5) is 35.0 Å². The lowest BCUT2D eigenvalue weighted by atomic mass is 9.72. The van der Waals surface area contributed by atoms with E-state index >= 15 is 0 Å². The molecule has 614 valence electrons. The van der Waals surface area contributed by atoms with Gasteiger partial charge in [0.1, 0.15) is 73.2 Å². The van der Waals surface area contributed by atoms with Gasteiger partial charge in [-0.05, 0) is 80.9 Å². The molecule has 6 aliphatic rings. The zero-order chi connectivity index (χ0) is 83.2. The fourth-order valence-electron chi connectivity index (χ4n) is 11.8. The number of nitrogen functional groups attached to an aromatic ring is 2. The molecule has 0 saturated carbocycles. The van der Waals surface area contributed by atoms with Gasteiger partial charge in [0.15, 0.2) is 53.1 Å². The largest absolute Gasteiger partial charge is 0.508 e. The molecular formula is C66H82F4N17O25P. The molecule has 1 amide bonds. The van der Waals surface area contributed by atoms with E-state index in [1.165, 1.54) is 40.5 Å². The number of aromatic hydroxyl groups is 1. The van der Waals surface area contributed by atoms with Crippen molar-refractivity contribution in [3.63, 3.8) is 0 Å². The zero-order valence-corrected chi connectivity index (χ0v) is 61.1. The van der Waals surface area contributed by atoms with Crippen LogP contribution < -0.4 is 55.2 Å². The van der Waals surface area contributed by atoms with Gasteiger partial charge in [-0.25, -0.2) is 33.3 Å². The summed E-state index contributed by atoms with van der Waals surface area (Å²) in [7, 11) is -4.78. The summed E-state index contributed by atoms with van der Waals surface area (Å²) in [5.74, 6) is -3.34. The number of ether oxygens (including phenoxy) is 5. The Morgan fingerprint density at radius 1 is 0.743 bits per heavy atom. The maximum Gasteiger partial charge on any atom is 0.469 e. The third kappa shape index (κ3) is 22.7. The molecule has 42 nitrogen and oxygen atoms in total. The number of phenols is 1. The number of aliphatic hydroxyl groups excluding tert-OH is 9. The van der Waals surface area contributed by atoms with Gasteiger partial charge in [-0.2, -0.15) is 33.1 Å². The number of benzene rings is 1. The van der Waals surface area contributed by atoms with Crippen molar-refractivity contribution in [3.05, 3.63) is 195 Å². The van der Waals surface area contributed by atoms with E-state index < -0.39 is 177 Å². The van der Waals surface area contributed by atoms with Gasteiger partial charge in [-0.1, -0.05) is 55.4 Å². The van der Waals surface area contributed by atoms with Crippen molar-refractivity contribution in [1.29, 1.82) is 5.41 Å². The molecule has 4 saturated heterocycles. The molecule has 0 radical (unpaired) electrons. The van der Waals surface area contributed by atoms with Crippen LogP contribution in [0.15, 0.2) is 138 Å². The number of anilines is 3. The lowest BCUT2D eigenvalue weighted by Crippen LogP contribution is -2.36. The first-order chi connectivity index (χ1) is 53.2. The summed E-state index contributed by atoms with van der Waals surface area (Å²) in [5, 5.41) is 104. The topological polar surface area (TPSA) is 650 Å². The molecule has 11 heterocycles. The van der Waals surface area contributed by atoms with Crippen molar-refractivity contribution in [2.45, 2.75) is 152 Å². The van der Waals surface area contributed by atoms with Crippen LogP contribution in [0.2, 0.25) is 0 Å². The number of phosphoric ester groups is 1. The van der Waals surface area contributed by atoms with E-state index in [9.17, 15) is 86.6 Å². The zero-order valence-electron chi connectivity index (χ0n) is 60.2. The first kappa shape index (κ1) is 88.1. The van der Waals surface area contributed by atoms with E-state index in [2.05, 4.69) is 85.7 Å². The molecule has 7 aromatic rings. The van der Waals surface area contributed by atoms with Gasteiger partial charge in [0.25, 0.3) is 11.1 Å². The van der Waals surface area contributed by atoms with Crippen LogP contribution in [-0.4, -0.2) is 223 Å². The minimum atomic E-state index is -4.78. The number of nitrogens with two attached hydrogens (primary N) is 2. The fraction of sp³-hybridized carbons (Fsp3) is 0.439. The SMILES string of the molecule is CC1=C(/C=C/C(C)=C/C=C/C(C)=C/C(=O)Nc2ccc(O)cc2)C(C)(C)CCC1.N=c1nc2n(cc1F)[C@@H]1O[C@H](CO)[C@@H](O)[C@@H]1O2.Nc1nc(F)nc2c1ncn2[C@@H]1O[C@H](COP(=O)(O)O)[C@@H](O)[C@@H]1O.Nc1ncn([C@@H]2O[C@H](CO)[C@@H](O)[C@@H]2O)c(=O)n1.O=c1[nH]c(=O)n([C@H]2C[C@H](O)[C@@H](CO)O2)cc1F.O=c1[nH]cc(F)c(=O)[nH]1. The average molecular weight is 1620 g/mol. The van der Waals surface area contributed by atoms with E-state index in [0.29, 0.717) is 11.9 Å². The number of halogens is 4. The third-order valence-electron chi connectivity index (χ3n) is 17.6. The average Bonchev–Trinajstić information content (AvgIpc) is 1.58. The summed E-state index contributed by atoms with van der Waals surface area (Å²) in [5.41, 5.74) is 11.7. The monoisotopic (exact) mass is 1620 g/mol. The number of nitrogens with zero attached hydrogens (tertiary/aromatic N) is 10. The van der Waals surface area contributed by atoms with Crippen molar-refractivity contribution >= 4 is 42.3 Å². The highest BCUT2D eigenvalue weighted by atomic mass is 31.2. The van der Waals surface area contributed by atoms with Gasteiger partial charge in [0.2, 0.25) is 23.5 Å². The number of carbonyl (C=O) groups is 1. The van der Waals surface area contributed by atoms with Crippen LogP contribution in [0.25, 0.3) is 11.2 Å². The van der Waals surface area contributed by atoms with E-state index in [0.717, 1.165) is 44.3 Å². The Labute approximate surface area is 633 Å². The van der Waals surface area contributed by atoms with E-state index in [1.54, 1.807) is 40.3 Å². The van der Waals surface area contributed by atoms with Gasteiger partial charge in [0.05, 0.1) is 51.3 Å². The quantitative estimate of drug-likeness (QED) is 0.0132. The summed E-state index contributed by atoms with van der Waals surface area (Å²) in [6, 6.07) is 6.44. The molecule has 21 N–H and O–H groups in total. The molecule has 0 unspecified atom stereocenters. The standard InChI is InChI=1S/C26H33NO2.C10H13FN5O7P.C9H10FN3O4.C9H11FN2O5.C8H12N4O5.C4H3FN2O2/c1-19(11-16-24-21(3)10-7-17-26(24,4)5)8-6-9-20(2)18-25(29)27-22-12-14-23(28)15-13-22;11-10-14-7(12)4-8(15-10)16(2-13-4)9-6(18)5(17)3(23-9)1-22-24(19,20)21;10-3-1-13-8-6(5(15)4(2-14)16-8)17-9(13)12-7(3)11;10-4-2-12(9(16)11-8(4)15)7-1-5(14)6(3-13)17-7;9-7-10-2-12(8(16)11-7)6-5(15)4(14)3(1-13)17-6;5-2-1-6-4(9)7-3(2)8/h6,8-9,11-16,18,28H,7,10,17H2,1-5H3,(H,27,29);2-3,5-6,9,17-18H,1H2,(H2,12,14,15)(H2,19,20,21);1,4-6,8,11,14-15H,2H2;2,5-7,13-14H,1,3H2,(H,11,15,16);2-6,13-15H,1H2,(H2,9,11,16);1H,(H2,6,7,8,9)/b9-6+,16-11+,19-8+,20-18+;;;;;/t;3-,5-,6+,9-;4-,5-,6+,8-;5-,6+,7+;3-,4-,5+,6-;/m.1101./s1. The fourth-order valence-corrected chi connectivity index (χ4v) is 12.1. The van der Waals surface area contributed by atoms with Crippen LogP contribution in [0.5, 0.6) is 11.8 Å². The smallest absolute Gasteiger partial charge is 0.469 e. The molecule has 1 aliphatic carbocycles. The van der Waals surface area contributed by atoms with E-state index in [-0.39, 0.29) is 59.0 Å². The normalized spacial score (nSPS) is 25.7. The third-order valence-corrected chi connectivity index (χ3v) is 18.0. The number of H-pyrrole nitrogens is 3. The number of allylic oxidation sites excluding steroid dienone is 9. The van der Waals surface area contributed by atoms with Crippen molar-refractivity contribution in [1.82, 2.24) is 63.1 Å². The number of phenolic OH excluding ortho intramolecular Hbond substituents is 1. The number of aliphatic hydroxyl groups is 9. The number of hydrogen-bond donors (Lipinski definition) is 19. The number of aromatic nitrogens is 13. The first-order valence-corrected chi connectivity index (χ1v) is 35.3. The molecule has 5 aliphatic heterocycles. The summed E-state index contributed by atoms with van der Waals surface area (Å²) in [6.45, 7) is 8.98. The van der Waals surface area contributed by atoms with Gasteiger partial charge >= 0.3 is 37.0 Å². The number of nitrogens with one attached hydrogen (secondary N) is 5. The predicted molar refractivity (Wildman–Crippen MR) is 380 cm³/mol. The Hall–Kier alpha value is -10.5. The number of amides is 1. The van der Waals surface area contributed by atoms with Crippen LogP contribution >= 0.6 is 7.82 Å². The second-order valence-electron chi connectivity index (χ2n) is 26.3. The van der Waals surface area contributed by atoms with Crippen LogP contribution in [0, 0.1) is 34.4 Å². The maximum absolute atomic E-state index is 13.3. The summed E-state index contributed by atoms with van der Waals surface area (Å²) >= 11 is 0. The van der Waals surface area contributed by atoms with Crippen molar-refractivity contribution in [2.75, 3.05) is 43.2 Å². The first-order valence-electron chi connectivity index (χ1n) is 33.8. The molecule has 0 spiro atoms. The Morgan fingerprint density at radius 2 is 1.35 bits per heavy atom. The Kier molecular flexibility index (Phi) is 29.9. The molecule has 47 heteroatoms. The molecular weight excluding hydrogens is 1540 g/mol. The number of imidazole rings is 1.